The Kier molecular flexibility index (Phi) is 6.72. The second-order valence-electron chi connectivity index (χ2n) is 8.56. The van der Waals surface area contributed by atoms with Gasteiger partial charge in [0.25, 0.3) is 5.91 Å². The molecule has 7 nitrogen and oxygen atoms in total. The van der Waals surface area contributed by atoms with Crippen LogP contribution in [0.2, 0.25) is 0 Å². The number of benzene rings is 3. The fourth-order valence-corrected chi connectivity index (χ4v) is 4.26. The SMILES string of the molecule is Cc1cc(OC[C@@H]2CN(C)c3ccccc3O2)cc(C)c1C(=O)Nc1cccc(CC(=O)O)c1. The Balaban J connectivity index is 1.42. The fraction of sp³-hybridized carbons (Fsp3) is 0.259. The zero-order valence-electron chi connectivity index (χ0n) is 19.5. The number of para-hydroxylation sites is 2. The van der Waals surface area contributed by atoms with Crippen molar-refractivity contribution in [2.75, 3.05) is 30.4 Å². The number of aryl methyl sites for hydroxylation is 2. The summed E-state index contributed by atoms with van der Waals surface area (Å²) in [6, 6.07) is 18.5. The number of rotatable bonds is 7. The maximum absolute atomic E-state index is 13.0. The molecule has 2 N–H and O–H groups in total. The summed E-state index contributed by atoms with van der Waals surface area (Å²) in [5.41, 5.74) is 4.40. The summed E-state index contributed by atoms with van der Waals surface area (Å²) in [6.45, 7) is 4.85. The highest BCUT2D eigenvalue weighted by Crippen LogP contribution is 2.32. The number of aliphatic carboxylic acids is 1. The number of carboxylic acids is 1. The molecule has 0 spiro atoms. The van der Waals surface area contributed by atoms with Gasteiger partial charge in [-0.1, -0.05) is 24.3 Å². The van der Waals surface area contributed by atoms with Gasteiger partial charge in [0.2, 0.25) is 0 Å². The normalized spacial score (nSPS) is 14.7. The summed E-state index contributed by atoms with van der Waals surface area (Å²) in [4.78, 5) is 26.1. The first-order valence-corrected chi connectivity index (χ1v) is 11.1. The number of hydrogen-bond donors (Lipinski definition) is 2. The van der Waals surface area contributed by atoms with Crippen LogP contribution in [0.4, 0.5) is 11.4 Å². The highest BCUT2D eigenvalue weighted by molar-refractivity contribution is 6.06. The molecule has 0 bridgehead atoms. The second-order valence-corrected chi connectivity index (χ2v) is 8.56. The van der Waals surface area contributed by atoms with Crippen LogP contribution >= 0.6 is 0 Å². The molecule has 0 saturated carbocycles. The number of nitrogens with one attached hydrogen (secondary N) is 1. The molecule has 3 aromatic rings. The maximum atomic E-state index is 13.0. The number of hydrogen-bond acceptors (Lipinski definition) is 5. The van der Waals surface area contributed by atoms with Gasteiger partial charge >= 0.3 is 5.97 Å². The Bertz CT molecular complexity index is 1200. The van der Waals surface area contributed by atoms with Crippen molar-refractivity contribution < 1.29 is 24.2 Å². The third-order valence-corrected chi connectivity index (χ3v) is 5.76. The standard InChI is InChI=1S/C27H28N2O5/c1-17-11-21(33-16-22-15-29(3)23-9-4-5-10-24(23)34-22)12-18(2)26(17)27(32)28-20-8-6-7-19(13-20)14-25(30)31/h4-13,22H,14-16H2,1-3H3,(H,28,32)(H,30,31)/t22-/m0/s1. The van der Waals surface area contributed by atoms with Gasteiger partial charge in [0.15, 0.2) is 0 Å². The summed E-state index contributed by atoms with van der Waals surface area (Å²) in [6.07, 6.45) is -0.207. The molecule has 0 unspecified atom stereocenters. The van der Waals surface area contributed by atoms with Gasteiger partial charge in [-0.25, -0.2) is 0 Å². The van der Waals surface area contributed by atoms with E-state index in [0.717, 1.165) is 29.1 Å². The minimum absolute atomic E-state index is 0.0973. The van der Waals surface area contributed by atoms with Crippen molar-refractivity contribution in [3.63, 3.8) is 0 Å². The van der Waals surface area contributed by atoms with Gasteiger partial charge in [0.1, 0.15) is 24.2 Å². The average molecular weight is 461 g/mol. The smallest absolute Gasteiger partial charge is 0.307 e. The highest BCUT2D eigenvalue weighted by atomic mass is 16.5. The molecule has 1 amide bonds. The van der Waals surface area contributed by atoms with E-state index in [0.29, 0.717) is 29.2 Å². The molecule has 3 aromatic carbocycles. The van der Waals surface area contributed by atoms with Gasteiger partial charge in [-0.15, -0.1) is 0 Å². The summed E-state index contributed by atoms with van der Waals surface area (Å²) >= 11 is 0. The van der Waals surface area contributed by atoms with E-state index in [4.69, 9.17) is 14.6 Å². The molecular formula is C27H28N2O5. The number of anilines is 2. The predicted octanol–water partition coefficient (Wildman–Crippen LogP) is 4.46. The minimum atomic E-state index is -0.916. The number of fused-ring (bicyclic) bond motifs is 1. The van der Waals surface area contributed by atoms with E-state index in [1.165, 1.54) is 0 Å². The monoisotopic (exact) mass is 460 g/mol. The Labute approximate surface area is 198 Å². The van der Waals surface area contributed by atoms with Gasteiger partial charge in [-0.05, 0) is 66.9 Å². The van der Waals surface area contributed by atoms with Crippen molar-refractivity contribution in [1.29, 1.82) is 0 Å². The molecule has 1 aliphatic rings. The number of ether oxygens (including phenoxy) is 2. The van der Waals surface area contributed by atoms with Gasteiger partial charge in [-0.2, -0.15) is 0 Å². The largest absolute Gasteiger partial charge is 0.490 e. The summed E-state index contributed by atoms with van der Waals surface area (Å²) in [5, 5.41) is 11.9. The first-order valence-electron chi connectivity index (χ1n) is 11.1. The molecule has 7 heteroatoms. The molecule has 1 aliphatic heterocycles. The Morgan fingerprint density at radius 2 is 1.82 bits per heavy atom. The van der Waals surface area contributed by atoms with Crippen LogP contribution in [0, 0.1) is 13.8 Å². The van der Waals surface area contributed by atoms with Crippen LogP contribution in [0.15, 0.2) is 60.7 Å². The van der Waals surface area contributed by atoms with E-state index in [1.807, 2.05) is 57.3 Å². The Morgan fingerprint density at radius 3 is 2.56 bits per heavy atom. The van der Waals surface area contributed by atoms with Crippen LogP contribution in [0.25, 0.3) is 0 Å². The third kappa shape index (κ3) is 5.31. The second kappa shape index (κ2) is 9.87. The zero-order valence-corrected chi connectivity index (χ0v) is 19.5. The van der Waals surface area contributed by atoms with E-state index in [2.05, 4.69) is 10.2 Å². The molecule has 0 radical (unpaired) electrons. The number of amides is 1. The minimum Gasteiger partial charge on any atom is -0.490 e. The highest BCUT2D eigenvalue weighted by Gasteiger charge is 2.24. The third-order valence-electron chi connectivity index (χ3n) is 5.76. The average Bonchev–Trinajstić information content (AvgIpc) is 2.77. The maximum Gasteiger partial charge on any atom is 0.307 e. The molecule has 0 fully saturated rings. The van der Waals surface area contributed by atoms with E-state index in [9.17, 15) is 9.59 Å². The molecule has 34 heavy (non-hydrogen) atoms. The zero-order chi connectivity index (χ0) is 24.2. The van der Waals surface area contributed by atoms with Gasteiger partial charge < -0.3 is 24.8 Å². The van der Waals surface area contributed by atoms with Gasteiger partial charge in [0, 0.05) is 18.3 Å². The number of likely N-dealkylation sites (N-methyl/N-ethyl adjacent to an activating group) is 1. The molecular weight excluding hydrogens is 432 g/mol. The molecule has 176 valence electrons. The van der Waals surface area contributed by atoms with Crippen molar-refractivity contribution in [3.05, 3.63) is 82.9 Å². The van der Waals surface area contributed by atoms with E-state index in [-0.39, 0.29) is 18.4 Å². The lowest BCUT2D eigenvalue weighted by molar-refractivity contribution is -0.136. The number of carbonyl (C=O) groups excluding carboxylic acids is 1. The lowest BCUT2D eigenvalue weighted by Crippen LogP contribution is -2.41. The van der Waals surface area contributed by atoms with Crippen LogP contribution in [0.3, 0.4) is 0 Å². The number of carbonyl (C=O) groups is 2. The van der Waals surface area contributed by atoms with Crippen LogP contribution in [-0.2, 0) is 11.2 Å². The van der Waals surface area contributed by atoms with Crippen LogP contribution in [-0.4, -0.2) is 43.3 Å². The summed E-state index contributed by atoms with van der Waals surface area (Å²) in [5.74, 6) is 0.361. The molecule has 4 rings (SSSR count). The van der Waals surface area contributed by atoms with Crippen LogP contribution in [0.1, 0.15) is 27.0 Å². The molecule has 0 aliphatic carbocycles. The number of nitrogens with zero attached hydrogens (tertiary/aromatic N) is 1. The van der Waals surface area contributed by atoms with Crippen molar-refractivity contribution in [3.8, 4) is 11.5 Å². The fourth-order valence-electron chi connectivity index (χ4n) is 4.26. The lowest BCUT2D eigenvalue weighted by Gasteiger charge is -2.33. The molecule has 0 saturated heterocycles. The van der Waals surface area contributed by atoms with Crippen molar-refractivity contribution >= 4 is 23.3 Å². The van der Waals surface area contributed by atoms with E-state index >= 15 is 0 Å². The predicted molar refractivity (Wildman–Crippen MR) is 131 cm³/mol. The van der Waals surface area contributed by atoms with Crippen LogP contribution < -0.4 is 19.7 Å². The first-order chi connectivity index (χ1) is 16.3. The topological polar surface area (TPSA) is 88.1 Å². The lowest BCUT2D eigenvalue weighted by atomic mass is 10.0. The van der Waals surface area contributed by atoms with E-state index in [1.54, 1.807) is 24.3 Å². The number of carboxylic acid groups (broad SMARTS) is 1. The van der Waals surface area contributed by atoms with Crippen molar-refractivity contribution in [1.82, 2.24) is 0 Å². The summed E-state index contributed by atoms with van der Waals surface area (Å²) in [7, 11) is 2.04. The molecule has 0 aromatic heterocycles. The first kappa shape index (κ1) is 23.2. The Morgan fingerprint density at radius 1 is 1.09 bits per heavy atom. The van der Waals surface area contributed by atoms with Gasteiger partial charge in [0.05, 0.1) is 18.7 Å². The van der Waals surface area contributed by atoms with Crippen molar-refractivity contribution in [2.45, 2.75) is 26.4 Å². The van der Waals surface area contributed by atoms with Crippen molar-refractivity contribution in [2.24, 2.45) is 0 Å². The molecule has 1 atom stereocenters. The Hall–Kier alpha value is -4.00. The molecule has 1 heterocycles. The van der Waals surface area contributed by atoms with Crippen LogP contribution in [0.5, 0.6) is 11.5 Å². The van der Waals surface area contributed by atoms with Gasteiger partial charge in [-0.3, -0.25) is 9.59 Å². The quantitative estimate of drug-likeness (QED) is 0.541. The van der Waals surface area contributed by atoms with E-state index < -0.39 is 5.97 Å². The summed E-state index contributed by atoms with van der Waals surface area (Å²) < 4.78 is 12.1.